The Bertz CT molecular complexity index is 650. The lowest BCUT2D eigenvalue weighted by Crippen LogP contribution is -2.24. The lowest BCUT2D eigenvalue weighted by atomic mass is 10.2. The van der Waals surface area contributed by atoms with Crippen molar-refractivity contribution in [2.45, 2.75) is 19.4 Å². The first-order valence-corrected chi connectivity index (χ1v) is 6.16. The number of carbonyl (C=O) groups is 1. The largest absolute Gasteiger partial charge is 0.472 e. The molecule has 0 aliphatic carbocycles. The molecule has 2 heterocycles. The Morgan fingerprint density at radius 2 is 2.32 bits per heavy atom. The van der Waals surface area contributed by atoms with Crippen LogP contribution in [0.25, 0.3) is 11.4 Å². The van der Waals surface area contributed by atoms with Crippen LogP contribution in [0, 0.1) is 0 Å². The molecule has 10 heteroatoms. The number of pyridine rings is 1. The molecule has 22 heavy (non-hydrogen) atoms. The number of carboxylic acid groups (broad SMARTS) is 1. The maximum Gasteiger partial charge on any atom is 0.405 e. The quantitative estimate of drug-likeness (QED) is 0.840. The van der Waals surface area contributed by atoms with Crippen molar-refractivity contribution in [3.8, 4) is 17.3 Å². The zero-order valence-corrected chi connectivity index (χ0v) is 11.4. The highest BCUT2D eigenvalue weighted by molar-refractivity contribution is 5.65. The zero-order valence-electron chi connectivity index (χ0n) is 11.4. The van der Waals surface area contributed by atoms with Crippen LogP contribution in [0.2, 0.25) is 0 Å². The second kappa shape index (κ2) is 6.78. The van der Waals surface area contributed by atoms with Crippen molar-refractivity contribution in [2.75, 3.05) is 6.61 Å². The van der Waals surface area contributed by atoms with Crippen LogP contribution in [0.4, 0.5) is 13.6 Å². The highest BCUT2D eigenvalue weighted by atomic mass is 19.3. The molecule has 0 aliphatic heterocycles. The Hall–Kier alpha value is -2.78. The summed E-state index contributed by atoms with van der Waals surface area (Å²) in [4.78, 5) is 18.4. The van der Waals surface area contributed by atoms with E-state index < -0.39 is 25.2 Å². The van der Waals surface area contributed by atoms with E-state index in [1.165, 1.54) is 19.2 Å². The van der Waals surface area contributed by atoms with Gasteiger partial charge in [-0.25, -0.2) is 18.6 Å². The van der Waals surface area contributed by atoms with Gasteiger partial charge in [0.2, 0.25) is 17.6 Å². The summed E-state index contributed by atoms with van der Waals surface area (Å²) >= 11 is 0. The third-order valence-electron chi connectivity index (χ3n) is 2.50. The van der Waals surface area contributed by atoms with E-state index in [-0.39, 0.29) is 17.6 Å². The van der Waals surface area contributed by atoms with Crippen molar-refractivity contribution >= 4 is 6.09 Å². The molecule has 0 fully saturated rings. The Kier molecular flexibility index (Phi) is 4.81. The smallest absolute Gasteiger partial charge is 0.405 e. The van der Waals surface area contributed by atoms with Gasteiger partial charge in [0, 0.05) is 17.8 Å². The minimum atomic E-state index is -2.61. The number of amides is 1. The summed E-state index contributed by atoms with van der Waals surface area (Å²) in [5.74, 6) is 0.239. The molecule has 0 aromatic carbocycles. The molecular formula is C12H12F2N4O4. The molecule has 0 aliphatic rings. The van der Waals surface area contributed by atoms with E-state index in [4.69, 9.17) is 14.4 Å². The van der Waals surface area contributed by atoms with Crippen molar-refractivity contribution in [1.82, 2.24) is 20.4 Å². The van der Waals surface area contributed by atoms with E-state index in [9.17, 15) is 13.6 Å². The van der Waals surface area contributed by atoms with E-state index in [2.05, 4.69) is 20.4 Å². The number of nitrogens with one attached hydrogen (secondary N) is 1. The number of nitrogens with zero attached hydrogens (tertiary/aromatic N) is 3. The molecule has 0 saturated carbocycles. The van der Waals surface area contributed by atoms with E-state index in [1.807, 2.05) is 0 Å². The Balaban J connectivity index is 2.13. The molecule has 2 aromatic rings. The molecule has 1 unspecified atom stereocenters. The number of aromatic nitrogens is 3. The molecule has 0 spiro atoms. The minimum Gasteiger partial charge on any atom is -0.472 e. The molecule has 1 amide bonds. The van der Waals surface area contributed by atoms with Crippen molar-refractivity contribution in [2.24, 2.45) is 0 Å². The number of halogens is 2. The highest BCUT2D eigenvalue weighted by Gasteiger charge is 2.17. The van der Waals surface area contributed by atoms with Gasteiger partial charge in [0.25, 0.3) is 6.43 Å². The first-order valence-electron chi connectivity index (χ1n) is 6.16. The summed E-state index contributed by atoms with van der Waals surface area (Å²) < 4.78 is 33.9. The summed E-state index contributed by atoms with van der Waals surface area (Å²) in [6.45, 7) is 0.767. The second-order valence-electron chi connectivity index (χ2n) is 4.21. The van der Waals surface area contributed by atoms with Gasteiger partial charge >= 0.3 is 6.09 Å². The van der Waals surface area contributed by atoms with Crippen molar-refractivity contribution in [3.05, 3.63) is 24.2 Å². The van der Waals surface area contributed by atoms with Gasteiger partial charge in [0.15, 0.2) is 6.61 Å². The fourth-order valence-electron chi connectivity index (χ4n) is 1.55. The predicted octanol–water partition coefficient (Wildman–Crippen LogP) is 2.10. The molecule has 2 N–H and O–H groups in total. The molecule has 8 nitrogen and oxygen atoms in total. The van der Waals surface area contributed by atoms with E-state index >= 15 is 0 Å². The number of rotatable bonds is 6. The molecule has 0 bridgehead atoms. The molecule has 2 aromatic heterocycles. The molecular weight excluding hydrogens is 302 g/mol. The standard InChI is InChI=1S/C12H12F2N4O4/c1-6(16-12(19)20)11-17-10(18-22-11)7-2-3-15-9(4-7)21-5-8(13)14/h2-4,6,8,16H,5H2,1H3,(H,19,20). The molecule has 0 radical (unpaired) electrons. The van der Waals surface area contributed by atoms with Crippen LogP contribution in [0.5, 0.6) is 5.88 Å². The maximum absolute atomic E-state index is 12.1. The van der Waals surface area contributed by atoms with Gasteiger partial charge in [-0.05, 0) is 13.0 Å². The van der Waals surface area contributed by atoms with Gasteiger partial charge in [0.05, 0.1) is 0 Å². The van der Waals surface area contributed by atoms with Gasteiger partial charge in [-0.2, -0.15) is 4.98 Å². The normalized spacial score (nSPS) is 12.2. The first kappa shape index (κ1) is 15.6. The third kappa shape index (κ3) is 4.11. The molecule has 2 rings (SSSR count). The predicted molar refractivity (Wildman–Crippen MR) is 68.6 cm³/mol. The number of hydrogen-bond acceptors (Lipinski definition) is 6. The van der Waals surface area contributed by atoms with Gasteiger partial charge in [-0.1, -0.05) is 5.16 Å². The van der Waals surface area contributed by atoms with E-state index in [1.54, 1.807) is 6.07 Å². The lowest BCUT2D eigenvalue weighted by Gasteiger charge is -2.05. The fraction of sp³-hybridized carbons (Fsp3) is 0.333. The van der Waals surface area contributed by atoms with Crippen LogP contribution < -0.4 is 10.1 Å². The van der Waals surface area contributed by atoms with E-state index in [0.29, 0.717) is 5.56 Å². The van der Waals surface area contributed by atoms with Crippen molar-refractivity contribution in [1.29, 1.82) is 0 Å². The van der Waals surface area contributed by atoms with E-state index in [0.717, 1.165) is 0 Å². The minimum absolute atomic E-state index is 0.000796. The van der Waals surface area contributed by atoms with Crippen molar-refractivity contribution < 1.29 is 27.9 Å². The number of alkyl halides is 2. The summed E-state index contributed by atoms with van der Waals surface area (Å²) in [7, 11) is 0. The van der Waals surface area contributed by atoms with Crippen LogP contribution in [0.1, 0.15) is 18.9 Å². The topological polar surface area (TPSA) is 110 Å². The monoisotopic (exact) mass is 314 g/mol. The Labute approximate surface area is 123 Å². The van der Waals surface area contributed by atoms with Crippen molar-refractivity contribution in [3.63, 3.8) is 0 Å². The summed E-state index contributed by atoms with van der Waals surface area (Å²) in [5, 5.41) is 14.5. The second-order valence-corrected chi connectivity index (χ2v) is 4.21. The van der Waals surface area contributed by atoms with Gasteiger partial charge < -0.3 is 19.7 Å². The Morgan fingerprint density at radius 1 is 1.55 bits per heavy atom. The Morgan fingerprint density at radius 3 is 3.00 bits per heavy atom. The highest BCUT2D eigenvalue weighted by Crippen LogP contribution is 2.21. The third-order valence-corrected chi connectivity index (χ3v) is 2.50. The summed E-state index contributed by atoms with van der Waals surface area (Å²) in [6.07, 6.45) is -2.48. The fourth-order valence-corrected chi connectivity index (χ4v) is 1.55. The number of ether oxygens (including phenoxy) is 1. The first-order chi connectivity index (χ1) is 10.5. The molecule has 118 valence electrons. The van der Waals surface area contributed by atoms with Crippen LogP contribution in [0.15, 0.2) is 22.9 Å². The van der Waals surface area contributed by atoms with Gasteiger partial charge in [0.1, 0.15) is 6.04 Å². The SMILES string of the molecule is CC(NC(=O)O)c1nc(-c2ccnc(OCC(F)F)c2)no1. The van der Waals surface area contributed by atoms with Gasteiger partial charge in [-0.15, -0.1) is 0 Å². The van der Waals surface area contributed by atoms with Crippen LogP contribution >= 0.6 is 0 Å². The van der Waals surface area contributed by atoms with Crippen LogP contribution in [-0.2, 0) is 0 Å². The zero-order chi connectivity index (χ0) is 16.1. The number of hydrogen-bond donors (Lipinski definition) is 2. The summed E-state index contributed by atoms with van der Waals surface area (Å²) in [6, 6.07) is 2.24. The van der Waals surface area contributed by atoms with Crippen LogP contribution in [-0.4, -0.2) is 39.4 Å². The lowest BCUT2D eigenvalue weighted by molar-refractivity contribution is 0.0796. The average Bonchev–Trinajstić information content (AvgIpc) is 2.94. The molecule has 1 atom stereocenters. The average molecular weight is 314 g/mol. The van der Waals surface area contributed by atoms with Gasteiger partial charge in [-0.3, -0.25) is 0 Å². The summed E-state index contributed by atoms with van der Waals surface area (Å²) in [5.41, 5.74) is 0.441. The van der Waals surface area contributed by atoms with Crippen LogP contribution in [0.3, 0.4) is 0 Å². The maximum atomic E-state index is 12.1. The molecule has 0 saturated heterocycles.